The van der Waals surface area contributed by atoms with Gasteiger partial charge < -0.3 is 20.6 Å². The molecule has 0 aromatic heterocycles. The van der Waals surface area contributed by atoms with E-state index in [4.69, 9.17) is 5.11 Å². The van der Waals surface area contributed by atoms with Gasteiger partial charge in [0.2, 0.25) is 0 Å². The fourth-order valence-corrected chi connectivity index (χ4v) is 2.20. The standard InChI is InChI=1S/C14H21N3O2/c18-14(19)12-2-4-13(5-3-12)16-6-1-9-17-10-7-15-8-11-17/h2-5,15-16H,1,6-11H2,(H,18,19). The van der Waals surface area contributed by atoms with Gasteiger partial charge in [-0.3, -0.25) is 0 Å². The fourth-order valence-electron chi connectivity index (χ4n) is 2.20. The first kappa shape index (κ1) is 13.8. The number of piperazine rings is 1. The molecular weight excluding hydrogens is 242 g/mol. The number of aromatic carboxylic acids is 1. The summed E-state index contributed by atoms with van der Waals surface area (Å²) in [6, 6.07) is 6.88. The minimum absolute atomic E-state index is 0.325. The monoisotopic (exact) mass is 263 g/mol. The van der Waals surface area contributed by atoms with Crippen LogP contribution in [0.2, 0.25) is 0 Å². The molecule has 1 fully saturated rings. The molecule has 1 heterocycles. The number of rotatable bonds is 6. The van der Waals surface area contributed by atoms with E-state index in [1.807, 2.05) is 12.1 Å². The van der Waals surface area contributed by atoms with Crippen LogP contribution in [0.3, 0.4) is 0 Å². The molecule has 0 saturated carbocycles. The first-order valence-electron chi connectivity index (χ1n) is 6.76. The molecule has 0 spiro atoms. The van der Waals surface area contributed by atoms with E-state index in [1.165, 1.54) is 0 Å². The molecule has 1 aromatic rings. The highest BCUT2D eigenvalue weighted by atomic mass is 16.4. The van der Waals surface area contributed by atoms with Crippen molar-refractivity contribution in [1.82, 2.24) is 10.2 Å². The first-order valence-corrected chi connectivity index (χ1v) is 6.76. The van der Waals surface area contributed by atoms with Gasteiger partial charge in [-0.25, -0.2) is 4.79 Å². The van der Waals surface area contributed by atoms with Crippen molar-refractivity contribution < 1.29 is 9.90 Å². The summed E-state index contributed by atoms with van der Waals surface area (Å²) in [5.41, 5.74) is 1.30. The highest BCUT2D eigenvalue weighted by Gasteiger charge is 2.08. The van der Waals surface area contributed by atoms with E-state index in [9.17, 15) is 4.79 Å². The number of nitrogens with one attached hydrogen (secondary N) is 2. The Bertz CT molecular complexity index is 400. The van der Waals surface area contributed by atoms with Crippen LogP contribution in [0.15, 0.2) is 24.3 Å². The number of carboxylic acid groups (broad SMARTS) is 1. The molecular formula is C14H21N3O2. The Morgan fingerprint density at radius 1 is 1.26 bits per heavy atom. The maximum absolute atomic E-state index is 10.7. The predicted octanol–water partition coefficient (Wildman–Crippen LogP) is 1.09. The lowest BCUT2D eigenvalue weighted by Gasteiger charge is -2.27. The number of hydrogen-bond donors (Lipinski definition) is 3. The highest BCUT2D eigenvalue weighted by Crippen LogP contribution is 2.09. The van der Waals surface area contributed by atoms with Gasteiger partial charge in [0, 0.05) is 38.4 Å². The van der Waals surface area contributed by atoms with Crippen molar-refractivity contribution in [3.8, 4) is 0 Å². The van der Waals surface area contributed by atoms with Crippen LogP contribution in [0.5, 0.6) is 0 Å². The number of anilines is 1. The van der Waals surface area contributed by atoms with Crippen LogP contribution in [0.4, 0.5) is 5.69 Å². The Labute approximate surface area is 113 Å². The number of benzene rings is 1. The molecule has 0 unspecified atom stereocenters. The Morgan fingerprint density at radius 2 is 1.95 bits per heavy atom. The molecule has 5 heteroatoms. The molecule has 5 nitrogen and oxygen atoms in total. The van der Waals surface area contributed by atoms with Crippen molar-refractivity contribution in [3.63, 3.8) is 0 Å². The van der Waals surface area contributed by atoms with Gasteiger partial charge in [0.25, 0.3) is 0 Å². The maximum atomic E-state index is 10.7. The average Bonchev–Trinajstić information content (AvgIpc) is 2.45. The molecule has 0 radical (unpaired) electrons. The van der Waals surface area contributed by atoms with Crippen LogP contribution in [0, 0.1) is 0 Å². The number of carbonyl (C=O) groups is 1. The Hall–Kier alpha value is -1.59. The van der Waals surface area contributed by atoms with Crippen LogP contribution in [-0.2, 0) is 0 Å². The fraction of sp³-hybridized carbons (Fsp3) is 0.500. The average molecular weight is 263 g/mol. The Kier molecular flexibility index (Phi) is 5.18. The number of carboxylic acids is 1. The van der Waals surface area contributed by atoms with Crippen molar-refractivity contribution in [1.29, 1.82) is 0 Å². The third kappa shape index (κ3) is 4.54. The van der Waals surface area contributed by atoms with Gasteiger partial charge in [0.05, 0.1) is 5.56 Å². The molecule has 1 saturated heterocycles. The third-order valence-electron chi connectivity index (χ3n) is 3.32. The van der Waals surface area contributed by atoms with E-state index in [1.54, 1.807) is 12.1 Å². The second-order valence-electron chi connectivity index (χ2n) is 4.75. The van der Waals surface area contributed by atoms with Crippen LogP contribution < -0.4 is 10.6 Å². The summed E-state index contributed by atoms with van der Waals surface area (Å²) >= 11 is 0. The zero-order valence-corrected chi connectivity index (χ0v) is 11.1. The summed E-state index contributed by atoms with van der Waals surface area (Å²) in [6.07, 6.45) is 1.10. The van der Waals surface area contributed by atoms with Gasteiger partial charge in [-0.1, -0.05) is 0 Å². The number of hydrogen-bond acceptors (Lipinski definition) is 4. The van der Waals surface area contributed by atoms with Crippen LogP contribution >= 0.6 is 0 Å². The van der Waals surface area contributed by atoms with Crippen LogP contribution in [0.1, 0.15) is 16.8 Å². The Balaban J connectivity index is 1.66. The second-order valence-corrected chi connectivity index (χ2v) is 4.75. The molecule has 0 amide bonds. The van der Waals surface area contributed by atoms with E-state index in [-0.39, 0.29) is 0 Å². The van der Waals surface area contributed by atoms with Crippen molar-refractivity contribution in [2.24, 2.45) is 0 Å². The quantitative estimate of drug-likeness (QED) is 0.671. The molecule has 1 aliphatic rings. The van der Waals surface area contributed by atoms with Gasteiger partial charge in [-0.2, -0.15) is 0 Å². The molecule has 1 aliphatic heterocycles. The lowest BCUT2D eigenvalue weighted by Crippen LogP contribution is -2.44. The summed E-state index contributed by atoms with van der Waals surface area (Å²) in [5.74, 6) is -0.884. The second kappa shape index (κ2) is 7.11. The zero-order valence-electron chi connectivity index (χ0n) is 11.1. The lowest BCUT2D eigenvalue weighted by atomic mass is 10.2. The largest absolute Gasteiger partial charge is 0.478 e. The summed E-state index contributed by atoms with van der Waals surface area (Å²) in [7, 11) is 0. The summed E-state index contributed by atoms with van der Waals surface area (Å²) < 4.78 is 0. The summed E-state index contributed by atoms with van der Waals surface area (Å²) in [4.78, 5) is 13.2. The first-order chi connectivity index (χ1) is 9.25. The van der Waals surface area contributed by atoms with Gasteiger partial charge in [0.1, 0.15) is 0 Å². The van der Waals surface area contributed by atoms with E-state index in [0.717, 1.165) is 51.4 Å². The van der Waals surface area contributed by atoms with Gasteiger partial charge in [0.15, 0.2) is 0 Å². The normalized spacial score (nSPS) is 16.2. The van der Waals surface area contributed by atoms with Gasteiger partial charge in [-0.15, -0.1) is 0 Å². The van der Waals surface area contributed by atoms with Gasteiger partial charge in [-0.05, 0) is 37.2 Å². The Morgan fingerprint density at radius 3 is 2.58 bits per heavy atom. The minimum Gasteiger partial charge on any atom is -0.478 e. The van der Waals surface area contributed by atoms with E-state index in [0.29, 0.717) is 5.56 Å². The van der Waals surface area contributed by atoms with E-state index in [2.05, 4.69) is 15.5 Å². The van der Waals surface area contributed by atoms with Crippen molar-refractivity contribution in [3.05, 3.63) is 29.8 Å². The maximum Gasteiger partial charge on any atom is 0.335 e. The molecule has 3 N–H and O–H groups in total. The molecule has 2 rings (SSSR count). The molecule has 104 valence electrons. The summed E-state index contributed by atoms with van der Waals surface area (Å²) in [5, 5.41) is 15.5. The minimum atomic E-state index is -0.884. The van der Waals surface area contributed by atoms with Crippen LogP contribution in [0.25, 0.3) is 0 Å². The molecule has 0 aliphatic carbocycles. The third-order valence-corrected chi connectivity index (χ3v) is 3.32. The van der Waals surface area contributed by atoms with E-state index < -0.39 is 5.97 Å². The lowest BCUT2D eigenvalue weighted by molar-refractivity contribution is 0.0697. The van der Waals surface area contributed by atoms with Gasteiger partial charge >= 0.3 is 5.97 Å². The van der Waals surface area contributed by atoms with Crippen molar-refractivity contribution in [2.45, 2.75) is 6.42 Å². The number of nitrogens with zero attached hydrogens (tertiary/aromatic N) is 1. The van der Waals surface area contributed by atoms with Crippen molar-refractivity contribution in [2.75, 3.05) is 44.6 Å². The topological polar surface area (TPSA) is 64.6 Å². The molecule has 0 bridgehead atoms. The highest BCUT2D eigenvalue weighted by molar-refractivity contribution is 5.87. The van der Waals surface area contributed by atoms with Crippen LogP contribution in [-0.4, -0.2) is 55.2 Å². The summed E-state index contributed by atoms with van der Waals surface area (Å²) in [6.45, 7) is 6.47. The van der Waals surface area contributed by atoms with Crippen molar-refractivity contribution >= 4 is 11.7 Å². The van der Waals surface area contributed by atoms with E-state index >= 15 is 0 Å². The predicted molar refractivity (Wildman–Crippen MR) is 75.8 cm³/mol. The molecule has 19 heavy (non-hydrogen) atoms. The smallest absolute Gasteiger partial charge is 0.335 e. The zero-order chi connectivity index (χ0) is 13.5. The molecule has 0 atom stereocenters. The SMILES string of the molecule is O=C(O)c1ccc(NCCCN2CCNCC2)cc1. The molecule has 1 aromatic carbocycles.